The van der Waals surface area contributed by atoms with E-state index in [0.717, 1.165) is 8.58 Å². The third-order valence-electron chi connectivity index (χ3n) is 1.84. The molecule has 0 bridgehead atoms. The minimum Gasteiger partial charge on any atom is -0.0622 e. The largest absolute Gasteiger partial charge is 0.0622 e. The Balaban J connectivity index is 0.000000980. The minimum absolute atomic E-state index is 0. The predicted molar refractivity (Wildman–Crippen MR) is 60.5 cm³/mol. The van der Waals surface area contributed by atoms with E-state index < -0.39 is 0 Å². The molecule has 2 aromatic rings. The van der Waals surface area contributed by atoms with E-state index in [2.05, 4.69) is 60.7 Å². The first kappa shape index (κ1) is 11.5. The Labute approximate surface area is 97.3 Å². The van der Waals surface area contributed by atoms with E-state index >= 15 is 0 Å². The van der Waals surface area contributed by atoms with Crippen LogP contribution in [0.25, 0.3) is 0 Å². The molecule has 0 N–H and O–H groups in total. The van der Waals surface area contributed by atoms with Crippen LogP contribution in [0.15, 0.2) is 60.7 Å². The fourth-order valence-corrected chi connectivity index (χ4v) is 2.26. The first-order valence-electron chi connectivity index (χ1n) is 4.32. The molecule has 14 heavy (non-hydrogen) atoms. The first-order chi connectivity index (χ1) is 6.45. The van der Waals surface area contributed by atoms with Crippen LogP contribution in [0.4, 0.5) is 0 Å². The molecule has 0 unspecified atom stereocenters. The second-order valence-corrected chi connectivity index (χ2v) is 4.26. The molecule has 2 aromatic carbocycles. The first-order valence-corrected chi connectivity index (χ1v) is 5.32. The van der Waals surface area contributed by atoms with E-state index in [1.807, 2.05) is 0 Å². The number of rotatable bonds is 2. The summed E-state index contributed by atoms with van der Waals surface area (Å²) in [4.78, 5) is 0. The van der Waals surface area contributed by atoms with Gasteiger partial charge in [0.2, 0.25) is 0 Å². The number of benzene rings is 2. The monoisotopic (exact) mass is 238 g/mol. The molecule has 70 valence electrons. The molecule has 0 heterocycles. The third kappa shape index (κ3) is 3.28. The molecule has 2 rings (SSSR count). The molecule has 0 nitrogen and oxygen atoms in total. The maximum atomic E-state index is 2.17. The van der Waals surface area contributed by atoms with E-state index in [9.17, 15) is 0 Å². The van der Waals surface area contributed by atoms with E-state index in [1.165, 1.54) is 10.6 Å². The second-order valence-electron chi connectivity index (χ2n) is 2.86. The van der Waals surface area contributed by atoms with Crippen molar-refractivity contribution in [1.82, 2.24) is 0 Å². The van der Waals surface area contributed by atoms with Gasteiger partial charge in [0, 0.05) is 17.4 Å². The van der Waals surface area contributed by atoms with Gasteiger partial charge >= 0.3 is 0 Å². The van der Waals surface area contributed by atoms with Crippen LogP contribution < -0.4 is 10.6 Å². The van der Waals surface area contributed by atoms with Gasteiger partial charge in [-0.1, -0.05) is 69.2 Å². The predicted octanol–water partition coefficient (Wildman–Crippen LogP) is 2.31. The minimum atomic E-state index is 0. The molecule has 0 radical (unpaired) electrons. The van der Waals surface area contributed by atoms with Gasteiger partial charge in [0.25, 0.3) is 0 Å². The van der Waals surface area contributed by atoms with E-state index in [4.69, 9.17) is 0 Å². The zero-order valence-corrected chi connectivity index (χ0v) is 9.96. The van der Waals surface area contributed by atoms with Crippen molar-refractivity contribution in [2.24, 2.45) is 0 Å². The maximum Gasteiger partial charge on any atom is 0 e. The van der Waals surface area contributed by atoms with Gasteiger partial charge in [-0.15, -0.1) is 0 Å². The molecule has 0 aliphatic rings. The summed E-state index contributed by atoms with van der Waals surface area (Å²) in [7, 11) is 0.777. The van der Waals surface area contributed by atoms with Gasteiger partial charge in [-0.05, 0) is 10.6 Å². The van der Waals surface area contributed by atoms with E-state index in [-0.39, 0.29) is 17.4 Å². The summed E-state index contributed by atoms with van der Waals surface area (Å²) in [6.07, 6.45) is 0. The fourth-order valence-electron chi connectivity index (χ4n) is 1.21. The molecule has 2 heteroatoms. The SMILES string of the molecule is [Cr].c1ccc(Pc2ccccc2)cc1. The Morgan fingerprint density at radius 2 is 0.929 bits per heavy atom. The third-order valence-corrected chi connectivity index (χ3v) is 3.08. The summed E-state index contributed by atoms with van der Waals surface area (Å²) in [6.45, 7) is 0. The molecular formula is C12H11CrP. The van der Waals surface area contributed by atoms with Gasteiger partial charge in [-0.25, -0.2) is 0 Å². The van der Waals surface area contributed by atoms with Crippen LogP contribution >= 0.6 is 8.58 Å². The van der Waals surface area contributed by atoms with Crippen LogP contribution in [0.2, 0.25) is 0 Å². The molecule has 0 atom stereocenters. The summed E-state index contributed by atoms with van der Waals surface area (Å²) in [6, 6.07) is 21.2. The van der Waals surface area contributed by atoms with Crippen molar-refractivity contribution in [3.8, 4) is 0 Å². The molecular weight excluding hydrogens is 227 g/mol. The molecule has 0 saturated carbocycles. The Morgan fingerprint density at radius 3 is 1.29 bits per heavy atom. The van der Waals surface area contributed by atoms with E-state index in [1.54, 1.807) is 0 Å². The topological polar surface area (TPSA) is 0 Å². The van der Waals surface area contributed by atoms with Crippen molar-refractivity contribution in [2.45, 2.75) is 0 Å². The Morgan fingerprint density at radius 1 is 0.571 bits per heavy atom. The van der Waals surface area contributed by atoms with Crippen molar-refractivity contribution in [3.63, 3.8) is 0 Å². The molecule has 0 aromatic heterocycles. The second kappa shape index (κ2) is 5.99. The Kier molecular flexibility index (Phi) is 4.91. The summed E-state index contributed by atoms with van der Waals surface area (Å²) in [5.74, 6) is 0. The van der Waals surface area contributed by atoms with E-state index in [0.29, 0.717) is 0 Å². The van der Waals surface area contributed by atoms with Crippen LogP contribution in [0.5, 0.6) is 0 Å². The van der Waals surface area contributed by atoms with Crippen molar-refractivity contribution in [1.29, 1.82) is 0 Å². The van der Waals surface area contributed by atoms with Gasteiger partial charge in [0.05, 0.1) is 0 Å². The average Bonchev–Trinajstić information content (AvgIpc) is 2.21. The molecule has 0 fully saturated rings. The zero-order valence-electron chi connectivity index (χ0n) is 7.68. The molecule has 0 spiro atoms. The van der Waals surface area contributed by atoms with Crippen LogP contribution in [0.3, 0.4) is 0 Å². The van der Waals surface area contributed by atoms with Crippen molar-refractivity contribution >= 4 is 19.2 Å². The maximum absolute atomic E-state index is 2.17. The summed E-state index contributed by atoms with van der Waals surface area (Å²) in [5.41, 5.74) is 0. The van der Waals surface area contributed by atoms with Crippen molar-refractivity contribution < 1.29 is 17.4 Å². The smallest absolute Gasteiger partial charge is 0 e. The van der Waals surface area contributed by atoms with Crippen LogP contribution in [0.1, 0.15) is 0 Å². The average molecular weight is 238 g/mol. The van der Waals surface area contributed by atoms with Gasteiger partial charge in [0.15, 0.2) is 0 Å². The standard InChI is InChI=1S/C12H11P.Cr/c1-3-7-11(8-4-1)13-12-9-5-2-6-10-12;/h1-10,13H;. The Hall–Kier alpha value is -0.598. The molecule has 0 amide bonds. The molecule has 0 aliphatic carbocycles. The summed E-state index contributed by atoms with van der Waals surface area (Å²) in [5, 5.41) is 2.79. The van der Waals surface area contributed by atoms with Crippen LogP contribution in [-0.2, 0) is 17.4 Å². The molecule has 0 saturated heterocycles. The van der Waals surface area contributed by atoms with Gasteiger partial charge in [0.1, 0.15) is 0 Å². The zero-order chi connectivity index (χ0) is 8.93. The van der Waals surface area contributed by atoms with Gasteiger partial charge in [-0.3, -0.25) is 0 Å². The van der Waals surface area contributed by atoms with Gasteiger partial charge < -0.3 is 0 Å². The van der Waals surface area contributed by atoms with Crippen molar-refractivity contribution in [2.75, 3.05) is 0 Å². The van der Waals surface area contributed by atoms with Crippen LogP contribution in [0, 0.1) is 0 Å². The fraction of sp³-hybridized carbons (Fsp3) is 0. The number of hydrogen-bond acceptors (Lipinski definition) is 0. The normalized spacial score (nSPS) is 9.14. The Bertz CT molecular complexity index is 321. The van der Waals surface area contributed by atoms with Crippen LogP contribution in [-0.4, -0.2) is 0 Å². The van der Waals surface area contributed by atoms with Crippen molar-refractivity contribution in [3.05, 3.63) is 60.7 Å². The molecule has 0 aliphatic heterocycles. The summed E-state index contributed by atoms with van der Waals surface area (Å²) < 4.78 is 0. The van der Waals surface area contributed by atoms with Gasteiger partial charge in [-0.2, -0.15) is 0 Å². The summed E-state index contributed by atoms with van der Waals surface area (Å²) >= 11 is 0. The quantitative estimate of drug-likeness (QED) is 0.704. The number of hydrogen-bond donors (Lipinski definition) is 0.